The summed E-state index contributed by atoms with van der Waals surface area (Å²) in [7, 11) is -2.85. The number of benzene rings is 1. The van der Waals surface area contributed by atoms with Crippen molar-refractivity contribution in [1.29, 1.82) is 0 Å². The first kappa shape index (κ1) is 23.8. The number of hydrogen-bond acceptors (Lipinski definition) is 6. The Hall–Kier alpha value is -1.88. The van der Waals surface area contributed by atoms with Crippen molar-refractivity contribution in [2.24, 2.45) is 5.14 Å². The van der Waals surface area contributed by atoms with E-state index in [1.807, 2.05) is 65.8 Å². The van der Waals surface area contributed by atoms with Gasteiger partial charge < -0.3 is 14.0 Å². The number of hydrogen-bond donors (Lipinski definition) is 1. The molecule has 0 atom stereocenters. The average molecular weight is 449 g/mol. The van der Waals surface area contributed by atoms with Gasteiger partial charge >= 0.3 is 7.12 Å². The van der Waals surface area contributed by atoms with Gasteiger partial charge in [-0.05, 0) is 45.4 Å². The molecule has 2 aromatic rings. The highest BCUT2D eigenvalue weighted by Crippen LogP contribution is 2.45. The monoisotopic (exact) mass is 449 g/mol. The zero-order valence-corrected chi connectivity index (χ0v) is 20.1. The molecular formula is C21H32BN3O5S. The number of aromatic nitrogens is 2. The van der Waals surface area contributed by atoms with Crippen LogP contribution in [0.4, 0.5) is 0 Å². The average Bonchev–Trinajstić information content (AvgIpc) is 3.12. The molecule has 0 unspecified atom stereocenters. The lowest BCUT2D eigenvalue weighted by atomic mass is 9.59. The summed E-state index contributed by atoms with van der Waals surface area (Å²) >= 11 is 0. The van der Waals surface area contributed by atoms with Crippen molar-refractivity contribution in [1.82, 2.24) is 9.78 Å². The number of rotatable bonds is 7. The van der Waals surface area contributed by atoms with Gasteiger partial charge in [-0.2, -0.15) is 5.10 Å². The lowest BCUT2D eigenvalue weighted by Crippen LogP contribution is -2.41. The molecule has 0 saturated carbocycles. The highest BCUT2D eigenvalue weighted by atomic mass is 32.2. The Bertz CT molecular complexity index is 1030. The van der Waals surface area contributed by atoms with E-state index in [4.69, 9.17) is 19.2 Å². The summed E-state index contributed by atoms with van der Waals surface area (Å²) in [5, 5.41) is 9.18. The third-order valence-electron chi connectivity index (χ3n) is 6.08. The minimum Gasteiger partial charge on any atom is -0.497 e. The van der Waals surface area contributed by atoms with Crippen molar-refractivity contribution in [2.45, 2.75) is 76.1 Å². The molecule has 0 aliphatic carbocycles. The quantitative estimate of drug-likeness (QED) is 0.652. The maximum Gasteiger partial charge on any atom is 0.465 e. The zero-order chi connectivity index (χ0) is 23.2. The maximum absolute atomic E-state index is 12.2. The maximum atomic E-state index is 12.2. The Labute approximate surface area is 185 Å². The lowest BCUT2D eigenvalue weighted by Gasteiger charge is -2.32. The van der Waals surface area contributed by atoms with Crippen molar-refractivity contribution in [2.75, 3.05) is 7.11 Å². The zero-order valence-electron chi connectivity index (χ0n) is 19.3. The summed E-state index contributed by atoms with van der Waals surface area (Å²) in [6, 6.07) is 7.43. The fraction of sp³-hybridized carbons (Fsp3) is 0.571. The van der Waals surface area contributed by atoms with Crippen LogP contribution in [-0.4, -0.2) is 43.6 Å². The normalized spacial score (nSPS) is 18.4. The Morgan fingerprint density at radius 1 is 1.13 bits per heavy atom. The van der Waals surface area contributed by atoms with Gasteiger partial charge in [0.25, 0.3) is 10.0 Å². The van der Waals surface area contributed by atoms with E-state index in [1.165, 1.54) is 0 Å². The fourth-order valence-electron chi connectivity index (χ4n) is 3.50. The van der Waals surface area contributed by atoms with Crippen LogP contribution >= 0.6 is 0 Å². The summed E-state index contributed by atoms with van der Waals surface area (Å²) in [4.78, 5) is 0. The molecule has 1 saturated heterocycles. The molecule has 0 bridgehead atoms. The van der Waals surface area contributed by atoms with Crippen LogP contribution in [0.15, 0.2) is 35.5 Å². The number of nitrogens with zero attached hydrogens (tertiary/aromatic N) is 2. The Balaban J connectivity index is 1.86. The molecule has 8 nitrogen and oxygen atoms in total. The van der Waals surface area contributed by atoms with Crippen LogP contribution in [0.1, 0.15) is 52.7 Å². The summed E-state index contributed by atoms with van der Waals surface area (Å²) in [6.07, 6.45) is 2.11. The molecule has 0 amide bonds. The van der Waals surface area contributed by atoms with E-state index >= 15 is 0 Å². The van der Waals surface area contributed by atoms with E-state index in [-0.39, 0.29) is 5.03 Å². The number of nitrogens with two attached hydrogens (primary N) is 1. The Kier molecular flexibility index (Phi) is 6.07. The topological polar surface area (TPSA) is 106 Å². The number of primary sulfonamides is 1. The molecule has 2 N–H and O–H groups in total. The van der Waals surface area contributed by atoms with Crippen molar-refractivity contribution in [3.8, 4) is 5.75 Å². The van der Waals surface area contributed by atoms with Gasteiger partial charge in [-0.1, -0.05) is 26.0 Å². The van der Waals surface area contributed by atoms with Gasteiger partial charge in [0.2, 0.25) is 0 Å². The summed E-state index contributed by atoms with van der Waals surface area (Å²) in [6.45, 7) is 12.4. The predicted molar refractivity (Wildman–Crippen MR) is 120 cm³/mol. The summed E-state index contributed by atoms with van der Waals surface area (Å²) in [5.74, 6) is 0.732. The molecule has 3 rings (SSSR count). The molecule has 1 aromatic carbocycles. The largest absolute Gasteiger partial charge is 0.497 e. The van der Waals surface area contributed by atoms with Crippen molar-refractivity contribution in [3.05, 3.63) is 41.6 Å². The van der Waals surface area contributed by atoms with E-state index < -0.39 is 33.7 Å². The molecule has 1 fully saturated rings. The van der Waals surface area contributed by atoms with E-state index in [0.29, 0.717) is 18.5 Å². The van der Waals surface area contributed by atoms with E-state index in [2.05, 4.69) is 5.10 Å². The Morgan fingerprint density at radius 2 is 1.68 bits per heavy atom. The molecule has 1 aliphatic rings. The van der Waals surface area contributed by atoms with Gasteiger partial charge in [0.1, 0.15) is 5.75 Å². The Morgan fingerprint density at radius 3 is 2.16 bits per heavy atom. The standard InChI is InChI=1S/C21H32BN3O5S/c1-19(2,22-29-20(3,4)21(5,6)30-22)14-25-13-16(18(24-25)31(23,26)27)12-15-8-10-17(28-7)11-9-15/h8-11,13H,12,14H2,1-7H3,(H2,23,26,27). The first-order valence-corrected chi connectivity index (χ1v) is 11.8. The van der Waals surface area contributed by atoms with Gasteiger partial charge in [0.05, 0.1) is 18.3 Å². The third kappa shape index (κ3) is 4.97. The predicted octanol–water partition coefficient (Wildman–Crippen LogP) is 3.00. The number of methoxy groups -OCH3 is 1. The van der Waals surface area contributed by atoms with Crippen molar-refractivity contribution >= 4 is 17.1 Å². The van der Waals surface area contributed by atoms with Gasteiger partial charge in [-0.3, -0.25) is 4.68 Å². The van der Waals surface area contributed by atoms with Gasteiger partial charge in [0, 0.05) is 30.0 Å². The highest BCUT2D eigenvalue weighted by molar-refractivity contribution is 7.89. The van der Waals surface area contributed by atoms with Crippen LogP contribution in [0.2, 0.25) is 5.31 Å². The summed E-state index contributed by atoms with van der Waals surface area (Å²) in [5.41, 5.74) is 0.558. The lowest BCUT2D eigenvalue weighted by molar-refractivity contribution is 0.00578. The molecular weight excluding hydrogens is 417 g/mol. The van der Waals surface area contributed by atoms with Crippen LogP contribution in [0.3, 0.4) is 0 Å². The molecule has 10 heteroatoms. The van der Waals surface area contributed by atoms with E-state index in [0.717, 1.165) is 11.3 Å². The van der Waals surface area contributed by atoms with E-state index in [1.54, 1.807) is 18.0 Å². The second-order valence-electron chi connectivity index (χ2n) is 9.80. The minimum absolute atomic E-state index is 0.118. The van der Waals surface area contributed by atoms with E-state index in [9.17, 15) is 8.42 Å². The smallest absolute Gasteiger partial charge is 0.465 e. The van der Waals surface area contributed by atoms with Crippen molar-refractivity contribution < 1.29 is 22.5 Å². The molecule has 2 heterocycles. The van der Waals surface area contributed by atoms with Gasteiger partial charge in [-0.15, -0.1) is 0 Å². The van der Waals surface area contributed by atoms with Gasteiger partial charge in [-0.25, -0.2) is 13.6 Å². The molecule has 170 valence electrons. The second-order valence-corrected chi connectivity index (χ2v) is 11.3. The van der Waals surface area contributed by atoms with Crippen molar-refractivity contribution in [3.63, 3.8) is 0 Å². The number of ether oxygens (including phenoxy) is 1. The van der Waals surface area contributed by atoms with Crippen LogP contribution < -0.4 is 9.88 Å². The van der Waals surface area contributed by atoms with Crippen LogP contribution in [0.5, 0.6) is 5.75 Å². The molecule has 0 spiro atoms. The molecule has 1 aromatic heterocycles. The highest BCUT2D eigenvalue weighted by Gasteiger charge is 2.56. The third-order valence-corrected chi connectivity index (χ3v) is 6.97. The molecule has 31 heavy (non-hydrogen) atoms. The molecule has 1 aliphatic heterocycles. The second kappa shape index (κ2) is 7.92. The van der Waals surface area contributed by atoms with Crippen LogP contribution in [-0.2, 0) is 32.3 Å². The summed E-state index contributed by atoms with van der Waals surface area (Å²) < 4.78 is 43.6. The fourth-order valence-corrected chi connectivity index (χ4v) is 4.21. The SMILES string of the molecule is COc1ccc(Cc2cn(CC(C)(C)B3OC(C)(C)C(C)(C)O3)nc2S(N)(=O)=O)cc1. The van der Waals surface area contributed by atoms with Crippen LogP contribution in [0, 0.1) is 0 Å². The molecule has 0 radical (unpaired) electrons. The first-order valence-electron chi connectivity index (χ1n) is 10.2. The first-order chi connectivity index (χ1) is 14.1. The minimum atomic E-state index is -3.98. The van der Waals surface area contributed by atoms with Gasteiger partial charge in [0.15, 0.2) is 5.03 Å². The number of sulfonamides is 1. The van der Waals surface area contributed by atoms with Crippen LogP contribution in [0.25, 0.3) is 0 Å².